The SMILES string of the molecule is COc1ccc(O[C]=S)cc1. The smallest absolute Gasteiger partial charge is 0.245 e. The second-order valence-corrected chi connectivity index (χ2v) is 2.03. The molecule has 0 spiro atoms. The van der Waals surface area contributed by atoms with Crippen molar-refractivity contribution in [3.63, 3.8) is 0 Å². The topological polar surface area (TPSA) is 18.5 Å². The zero-order valence-electron chi connectivity index (χ0n) is 6.03. The Balaban J connectivity index is 2.74. The molecule has 0 bridgehead atoms. The maximum absolute atomic E-state index is 4.95. The average molecular weight is 167 g/mol. The number of hydrogen-bond donors (Lipinski definition) is 0. The van der Waals surface area contributed by atoms with Gasteiger partial charge in [-0.05, 0) is 36.5 Å². The van der Waals surface area contributed by atoms with Crippen LogP contribution in [0.2, 0.25) is 0 Å². The van der Waals surface area contributed by atoms with Crippen LogP contribution in [-0.4, -0.2) is 12.7 Å². The minimum atomic E-state index is 0.667. The predicted molar refractivity (Wildman–Crippen MR) is 46.2 cm³/mol. The Kier molecular flexibility index (Phi) is 2.86. The summed E-state index contributed by atoms with van der Waals surface area (Å²) in [6.45, 7) is 0. The zero-order valence-corrected chi connectivity index (χ0v) is 6.85. The lowest BCUT2D eigenvalue weighted by atomic mass is 10.3. The third-order valence-corrected chi connectivity index (χ3v) is 1.30. The van der Waals surface area contributed by atoms with E-state index in [1.807, 2.05) is 0 Å². The van der Waals surface area contributed by atoms with E-state index in [0.29, 0.717) is 5.75 Å². The van der Waals surface area contributed by atoms with Gasteiger partial charge in [-0.3, -0.25) is 0 Å². The highest BCUT2D eigenvalue weighted by Gasteiger charge is 1.91. The molecule has 0 atom stereocenters. The molecule has 3 heteroatoms. The van der Waals surface area contributed by atoms with Crippen molar-refractivity contribution in [2.45, 2.75) is 0 Å². The van der Waals surface area contributed by atoms with Crippen LogP contribution in [0, 0.1) is 0 Å². The molecule has 11 heavy (non-hydrogen) atoms. The Morgan fingerprint density at radius 3 is 2.18 bits per heavy atom. The van der Waals surface area contributed by atoms with Gasteiger partial charge in [-0.15, -0.1) is 0 Å². The van der Waals surface area contributed by atoms with Gasteiger partial charge in [-0.1, -0.05) is 0 Å². The van der Waals surface area contributed by atoms with Crippen molar-refractivity contribution in [3.8, 4) is 11.5 Å². The highest BCUT2D eigenvalue weighted by Crippen LogP contribution is 2.16. The Labute approximate surface area is 70.7 Å². The molecule has 1 rings (SSSR count). The number of thiocarbonyl (C=S) groups is 1. The van der Waals surface area contributed by atoms with E-state index in [2.05, 4.69) is 17.8 Å². The first-order valence-corrected chi connectivity index (χ1v) is 3.45. The van der Waals surface area contributed by atoms with Gasteiger partial charge < -0.3 is 9.47 Å². The van der Waals surface area contributed by atoms with Crippen LogP contribution in [0.4, 0.5) is 0 Å². The molecule has 0 saturated carbocycles. The van der Waals surface area contributed by atoms with Gasteiger partial charge >= 0.3 is 0 Å². The third kappa shape index (κ3) is 2.20. The second kappa shape index (κ2) is 3.93. The molecule has 1 radical (unpaired) electrons. The summed E-state index contributed by atoms with van der Waals surface area (Å²) >= 11 is 4.39. The fraction of sp³-hybridized carbons (Fsp3) is 0.125. The molecule has 0 aliphatic carbocycles. The van der Waals surface area contributed by atoms with Crippen molar-refractivity contribution in [2.24, 2.45) is 0 Å². The molecule has 0 heterocycles. The van der Waals surface area contributed by atoms with E-state index in [4.69, 9.17) is 9.47 Å². The van der Waals surface area contributed by atoms with E-state index in [9.17, 15) is 0 Å². The van der Waals surface area contributed by atoms with Crippen LogP contribution >= 0.6 is 12.2 Å². The van der Waals surface area contributed by atoms with E-state index < -0.39 is 0 Å². The van der Waals surface area contributed by atoms with Crippen molar-refractivity contribution < 1.29 is 9.47 Å². The largest absolute Gasteiger partial charge is 0.497 e. The summed E-state index contributed by atoms with van der Waals surface area (Å²) in [4.78, 5) is 0. The molecule has 0 saturated heterocycles. The fourth-order valence-corrected chi connectivity index (χ4v) is 0.788. The number of hydrogen-bond acceptors (Lipinski definition) is 3. The number of ether oxygens (including phenoxy) is 2. The Hall–Kier alpha value is -1.09. The van der Waals surface area contributed by atoms with Crippen molar-refractivity contribution in [2.75, 3.05) is 7.11 Å². The number of benzene rings is 1. The molecular formula is C8H7O2S. The molecule has 0 fully saturated rings. The van der Waals surface area contributed by atoms with Crippen LogP contribution in [0.1, 0.15) is 0 Å². The monoisotopic (exact) mass is 167 g/mol. The maximum atomic E-state index is 4.95. The van der Waals surface area contributed by atoms with Gasteiger partial charge in [0.05, 0.1) is 7.11 Å². The summed E-state index contributed by atoms with van der Waals surface area (Å²) in [6.07, 6.45) is 0. The van der Waals surface area contributed by atoms with Crippen LogP contribution < -0.4 is 9.47 Å². The first-order valence-electron chi connectivity index (χ1n) is 3.05. The summed E-state index contributed by atoms with van der Waals surface area (Å²) < 4.78 is 9.76. The van der Waals surface area contributed by atoms with E-state index in [0.717, 1.165) is 5.75 Å². The zero-order chi connectivity index (χ0) is 8.10. The molecule has 2 nitrogen and oxygen atoms in total. The molecule has 0 aliphatic heterocycles. The maximum Gasteiger partial charge on any atom is 0.245 e. The first kappa shape index (κ1) is 8.01. The second-order valence-electron chi connectivity index (χ2n) is 1.86. The fourth-order valence-electron chi connectivity index (χ4n) is 0.692. The lowest BCUT2D eigenvalue weighted by molar-refractivity contribution is 0.414. The number of methoxy groups -OCH3 is 1. The van der Waals surface area contributed by atoms with Gasteiger partial charge in [0.25, 0.3) is 0 Å². The van der Waals surface area contributed by atoms with Gasteiger partial charge in [-0.2, -0.15) is 0 Å². The van der Waals surface area contributed by atoms with E-state index in [1.54, 1.807) is 31.4 Å². The summed E-state index contributed by atoms with van der Waals surface area (Å²) in [5, 5.41) is 0. The summed E-state index contributed by atoms with van der Waals surface area (Å²) in [5.41, 5.74) is 2.16. The van der Waals surface area contributed by atoms with Crippen LogP contribution in [0.5, 0.6) is 11.5 Å². The van der Waals surface area contributed by atoms with E-state index in [1.165, 1.54) is 0 Å². The molecule has 0 aliphatic rings. The molecule has 1 aromatic rings. The molecule has 57 valence electrons. The molecule has 0 unspecified atom stereocenters. The summed E-state index contributed by atoms with van der Waals surface area (Å²) in [5.74, 6) is 1.46. The molecular weight excluding hydrogens is 160 g/mol. The van der Waals surface area contributed by atoms with Crippen molar-refractivity contribution in [1.29, 1.82) is 0 Å². The molecule has 0 aromatic heterocycles. The predicted octanol–water partition coefficient (Wildman–Crippen LogP) is 1.91. The molecule has 0 amide bonds. The van der Waals surface area contributed by atoms with Crippen molar-refractivity contribution in [3.05, 3.63) is 24.3 Å². The Morgan fingerprint density at radius 2 is 1.73 bits per heavy atom. The van der Waals surface area contributed by atoms with Crippen LogP contribution in [0.25, 0.3) is 0 Å². The quantitative estimate of drug-likeness (QED) is 0.641. The van der Waals surface area contributed by atoms with Gasteiger partial charge in [0, 0.05) is 0 Å². The standard InChI is InChI=1S/C8H7O2S/c1-9-7-2-4-8(5-3-7)10-6-11/h2-5H,1H3. The Morgan fingerprint density at radius 1 is 1.18 bits per heavy atom. The van der Waals surface area contributed by atoms with Gasteiger partial charge in [0.15, 0.2) is 0 Å². The summed E-state index contributed by atoms with van der Waals surface area (Å²) in [6, 6.07) is 7.11. The van der Waals surface area contributed by atoms with E-state index in [-0.39, 0.29) is 0 Å². The normalized spacial score (nSPS) is 8.82. The lowest BCUT2D eigenvalue weighted by Gasteiger charge is -1.99. The lowest BCUT2D eigenvalue weighted by Crippen LogP contribution is -1.86. The van der Waals surface area contributed by atoms with Crippen LogP contribution in [0.3, 0.4) is 0 Å². The van der Waals surface area contributed by atoms with Crippen LogP contribution in [0.15, 0.2) is 24.3 Å². The van der Waals surface area contributed by atoms with Gasteiger partial charge in [0.1, 0.15) is 11.5 Å². The molecule has 1 aromatic carbocycles. The van der Waals surface area contributed by atoms with Gasteiger partial charge in [-0.25, -0.2) is 0 Å². The minimum Gasteiger partial charge on any atom is -0.497 e. The van der Waals surface area contributed by atoms with Crippen LogP contribution in [-0.2, 0) is 0 Å². The highest BCUT2D eigenvalue weighted by atomic mass is 32.1. The number of rotatable bonds is 3. The summed E-state index contributed by atoms with van der Waals surface area (Å²) in [7, 11) is 1.61. The minimum absolute atomic E-state index is 0.667. The molecule has 0 N–H and O–H groups in total. The third-order valence-electron chi connectivity index (χ3n) is 1.22. The van der Waals surface area contributed by atoms with Crippen molar-refractivity contribution in [1.82, 2.24) is 0 Å². The highest BCUT2D eigenvalue weighted by molar-refractivity contribution is 7.78. The first-order chi connectivity index (χ1) is 5.36. The average Bonchev–Trinajstić information content (AvgIpc) is 2.07. The Bertz CT molecular complexity index is 230. The van der Waals surface area contributed by atoms with E-state index >= 15 is 0 Å². The van der Waals surface area contributed by atoms with Gasteiger partial charge in [0.2, 0.25) is 5.55 Å². The van der Waals surface area contributed by atoms with Crippen molar-refractivity contribution >= 4 is 17.8 Å².